The molecular weight excluding hydrogens is 388 g/mol. The molecule has 2 N–H and O–H groups in total. The van der Waals surface area contributed by atoms with Gasteiger partial charge in [-0.25, -0.2) is 4.79 Å². The van der Waals surface area contributed by atoms with E-state index in [1.807, 2.05) is 24.3 Å². The van der Waals surface area contributed by atoms with Crippen molar-refractivity contribution < 1.29 is 24.0 Å². The molecule has 0 aliphatic carbocycles. The van der Waals surface area contributed by atoms with E-state index in [0.717, 1.165) is 11.3 Å². The van der Waals surface area contributed by atoms with Gasteiger partial charge in [0.2, 0.25) is 0 Å². The zero-order valence-electron chi connectivity index (χ0n) is 17.1. The number of benzene rings is 2. The SMILES string of the molecule is CCOC(=O)/C=C/c1cccc([N+](=O)[O-])c1.CCOC(=O)CCc1cccc(N)c1. The number of nitrogens with zero attached hydrogens (tertiary/aromatic N) is 1. The molecule has 0 amide bonds. The fourth-order valence-electron chi connectivity index (χ4n) is 2.32. The number of hydrogen-bond acceptors (Lipinski definition) is 7. The number of nitro groups is 1. The maximum Gasteiger partial charge on any atom is 0.330 e. The highest BCUT2D eigenvalue weighted by Crippen LogP contribution is 2.14. The number of nitrogen functional groups attached to an aromatic ring is 1. The van der Waals surface area contributed by atoms with Gasteiger partial charge < -0.3 is 15.2 Å². The van der Waals surface area contributed by atoms with E-state index < -0.39 is 10.9 Å². The lowest BCUT2D eigenvalue weighted by Gasteiger charge is -2.02. The highest BCUT2D eigenvalue weighted by Gasteiger charge is 2.04. The van der Waals surface area contributed by atoms with E-state index in [1.54, 1.807) is 26.0 Å². The smallest absolute Gasteiger partial charge is 0.330 e. The van der Waals surface area contributed by atoms with Crippen molar-refractivity contribution in [3.8, 4) is 0 Å². The summed E-state index contributed by atoms with van der Waals surface area (Å²) in [5.74, 6) is -0.621. The predicted octanol–water partition coefficient (Wildman–Crippen LogP) is 3.94. The van der Waals surface area contributed by atoms with Gasteiger partial charge in [-0.2, -0.15) is 0 Å². The van der Waals surface area contributed by atoms with Gasteiger partial charge in [0, 0.05) is 30.3 Å². The average Bonchev–Trinajstić information content (AvgIpc) is 2.72. The van der Waals surface area contributed by atoms with E-state index >= 15 is 0 Å². The molecule has 0 atom stereocenters. The summed E-state index contributed by atoms with van der Waals surface area (Å²) in [7, 11) is 0. The zero-order valence-corrected chi connectivity index (χ0v) is 17.1. The third kappa shape index (κ3) is 10.0. The van der Waals surface area contributed by atoms with Gasteiger partial charge in [-0.05, 0) is 49.6 Å². The van der Waals surface area contributed by atoms with Crippen molar-refractivity contribution in [2.75, 3.05) is 18.9 Å². The van der Waals surface area contributed by atoms with Crippen LogP contribution in [0.25, 0.3) is 6.08 Å². The molecule has 0 unspecified atom stereocenters. The molecule has 8 heteroatoms. The molecule has 0 aliphatic heterocycles. The lowest BCUT2D eigenvalue weighted by atomic mass is 10.1. The summed E-state index contributed by atoms with van der Waals surface area (Å²) in [4.78, 5) is 32.0. The molecule has 0 aromatic heterocycles. The summed E-state index contributed by atoms with van der Waals surface area (Å²) in [6.07, 6.45) is 3.81. The summed E-state index contributed by atoms with van der Waals surface area (Å²) in [6.45, 7) is 4.26. The standard InChI is InChI=1S/C11H11NO4.C11H15NO2/c1-2-16-11(13)7-6-9-4-3-5-10(8-9)12(14)15;1-2-14-11(13)7-6-9-4-3-5-10(12)8-9/h3-8H,2H2,1H3;3-5,8H,2,6-7,12H2,1H3/b7-6+;. The first-order chi connectivity index (χ1) is 14.3. The number of aryl methyl sites for hydroxylation is 1. The lowest BCUT2D eigenvalue weighted by Crippen LogP contribution is -2.05. The van der Waals surface area contributed by atoms with Crippen LogP contribution >= 0.6 is 0 Å². The molecule has 30 heavy (non-hydrogen) atoms. The molecule has 2 aromatic rings. The largest absolute Gasteiger partial charge is 0.466 e. The molecule has 0 bridgehead atoms. The Labute approximate surface area is 175 Å². The Balaban J connectivity index is 0.000000303. The second-order valence-corrected chi connectivity index (χ2v) is 5.99. The third-order valence-electron chi connectivity index (χ3n) is 3.65. The van der Waals surface area contributed by atoms with Gasteiger partial charge in [-0.15, -0.1) is 0 Å². The van der Waals surface area contributed by atoms with Crippen LogP contribution in [0.5, 0.6) is 0 Å². The fraction of sp³-hybridized carbons (Fsp3) is 0.273. The first-order valence-corrected chi connectivity index (χ1v) is 9.45. The van der Waals surface area contributed by atoms with Gasteiger partial charge in [0.05, 0.1) is 18.1 Å². The van der Waals surface area contributed by atoms with Crippen LogP contribution in [0.15, 0.2) is 54.6 Å². The second-order valence-electron chi connectivity index (χ2n) is 5.99. The zero-order chi connectivity index (χ0) is 22.4. The number of nitro benzene ring substituents is 1. The quantitative estimate of drug-likeness (QED) is 0.228. The Morgan fingerprint density at radius 2 is 1.77 bits per heavy atom. The molecule has 0 saturated heterocycles. The van der Waals surface area contributed by atoms with Crippen molar-refractivity contribution >= 4 is 29.4 Å². The third-order valence-corrected chi connectivity index (χ3v) is 3.65. The maximum atomic E-state index is 11.0. The minimum absolute atomic E-state index is 0.00833. The number of nitrogens with two attached hydrogens (primary N) is 1. The van der Waals surface area contributed by atoms with E-state index in [-0.39, 0.29) is 11.7 Å². The molecule has 2 aromatic carbocycles. The molecule has 0 heterocycles. The van der Waals surface area contributed by atoms with Crippen LogP contribution in [-0.2, 0) is 25.5 Å². The summed E-state index contributed by atoms with van der Waals surface area (Å²) < 4.78 is 9.51. The lowest BCUT2D eigenvalue weighted by molar-refractivity contribution is -0.384. The number of carbonyl (C=O) groups excluding carboxylic acids is 2. The van der Waals surface area contributed by atoms with Crippen molar-refractivity contribution in [3.05, 3.63) is 75.8 Å². The first-order valence-electron chi connectivity index (χ1n) is 9.45. The summed E-state index contributed by atoms with van der Waals surface area (Å²) in [6, 6.07) is 13.5. The number of anilines is 1. The average molecular weight is 414 g/mol. The van der Waals surface area contributed by atoms with Gasteiger partial charge in [-0.1, -0.05) is 24.3 Å². The Kier molecular flexibility index (Phi) is 11.0. The number of non-ortho nitro benzene ring substituents is 1. The van der Waals surface area contributed by atoms with Crippen molar-refractivity contribution in [3.63, 3.8) is 0 Å². The molecular formula is C22H26N2O6. The summed E-state index contributed by atoms with van der Waals surface area (Å²) in [5, 5.41) is 10.5. The van der Waals surface area contributed by atoms with E-state index in [9.17, 15) is 19.7 Å². The van der Waals surface area contributed by atoms with Gasteiger partial charge in [0.1, 0.15) is 0 Å². The van der Waals surface area contributed by atoms with Crippen LogP contribution in [0.1, 0.15) is 31.4 Å². The van der Waals surface area contributed by atoms with E-state index in [4.69, 9.17) is 10.5 Å². The molecule has 2 rings (SSSR count). The van der Waals surface area contributed by atoms with Crippen LogP contribution < -0.4 is 5.73 Å². The van der Waals surface area contributed by atoms with Crippen molar-refractivity contribution in [1.82, 2.24) is 0 Å². The van der Waals surface area contributed by atoms with E-state index in [2.05, 4.69) is 4.74 Å². The summed E-state index contributed by atoms with van der Waals surface area (Å²) >= 11 is 0. The highest BCUT2D eigenvalue weighted by atomic mass is 16.6. The van der Waals surface area contributed by atoms with E-state index in [1.165, 1.54) is 24.3 Å². The number of ether oxygens (including phenoxy) is 2. The van der Waals surface area contributed by atoms with Gasteiger partial charge >= 0.3 is 11.9 Å². The van der Waals surface area contributed by atoms with Gasteiger partial charge in [0.25, 0.3) is 5.69 Å². The fourth-order valence-corrected chi connectivity index (χ4v) is 2.32. The molecule has 0 fully saturated rings. The number of carbonyl (C=O) groups is 2. The molecule has 8 nitrogen and oxygen atoms in total. The van der Waals surface area contributed by atoms with Crippen molar-refractivity contribution in [2.45, 2.75) is 26.7 Å². The molecule has 0 spiro atoms. The maximum absolute atomic E-state index is 11.0. The topological polar surface area (TPSA) is 122 Å². The molecule has 0 saturated carbocycles. The minimum atomic E-state index is -0.484. The predicted molar refractivity (Wildman–Crippen MR) is 115 cm³/mol. The Morgan fingerprint density at radius 3 is 2.40 bits per heavy atom. The summed E-state index contributed by atoms with van der Waals surface area (Å²) in [5.41, 5.74) is 7.98. The van der Waals surface area contributed by atoms with Crippen molar-refractivity contribution in [2.24, 2.45) is 0 Å². The normalized spacial score (nSPS) is 10.1. The van der Waals surface area contributed by atoms with E-state index in [0.29, 0.717) is 31.6 Å². The second kappa shape index (κ2) is 13.5. The highest BCUT2D eigenvalue weighted by molar-refractivity contribution is 5.87. The Morgan fingerprint density at radius 1 is 1.07 bits per heavy atom. The van der Waals surface area contributed by atoms with Crippen molar-refractivity contribution in [1.29, 1.82) is 0 Å². The Bertz CT molecular complexity index is 879. The monoisotopic (exact) mass is 414 g/mol. The van der Waals surface area contributed by atoms with Crippen LogP contribution in [0.4, 0.5) is 11.4 Å². The van der Waals surface area contributed by atoms with Crippen LogP contribution in [0.3, 0.4) is 0 Å². The minimum Gasteiger partial charge on any atom is -0.466 e. The first kappa shape index (κ1) is 24.4. The molecule has 160 valence electrons. The molecule has 0 radical (unpaired) electrons. The van der Waals surface area contributed by atoms with Gasteiger partial charge in [0.15, 0.2) is 0 Å². The van der Waals surface area contributed by atoms with Crippen LogP contribution in [-0.4, -0.2) is 30.1 Å². The van der Waals surface area contributed by atoms with Crippen LogP contribution in [0.2, 0.25) is 0 Å². The van der Waals surface area contributed by atoms with Gasteiger partial charge in [-0.3, -0.25) is 14.9 Å². The molecule has 0 aliphatic rings. The number of rotatable bonds is 8. The number of esters is 2. The van der Waals surface area contributed by atoms with Crippen LogP contribution in [0, 0.1) is 10.1 Å². The number of hydrogen-bond donors (Lipinski definition) is 1. The Hall–Kier alpha value is -3.68.